The molecule has 2 unspecified atom stereocenters. The molecule has 0 spiro atoms. The molecule has 0 bridgehead atoms. The van der Waals surface area contributed by atoms with E-state index < -0.39 is 0 Å². The van der Waals surface area contributed by atoms with Gasteiger partial charge in [0.2, 0.25) is 0 Å². The van der Waals surface area contributed by atoms with Crippen LogP contribution in [0.5, 0.6) is 5.75 Å². The van der Waals surface area contributed by atoms with Crippen molar-refractivity contribution in [2.75, 3.05) is 14.1 Å². The molecule has 0 saturated heterocycles. The van der Waals surface area contributed by atoms with Crippen molar-refractivity contribution < 1.29 is 5.11 Å². The van der Waals surface area contributed by atoms with E-state index in [0.717, 1.165) is 31.4 Å². The molecule has 3 aromatic carbocycles. The second-order valence-electron chi connectivity index (χ2n) is 8.62. The molecule has 158 valence electrons. The van der Waals surface area contributed by atoms with Crippen LogP contribution in [0.25, 0.3) is 0 Å². The molecule has 0 radical (unpaired) electrons. The van der Waals surface area contributed by atoms with Crippen molar-refractivity contribution in [3.8, 4) is 5.75 Å². The van der Waals surface area contributed by atoms with Gasteiger partial charge in [0.25, 0.3) is 0 Å². The third-order valence-electron chi connectivity index (χ3n) is 5.57. The van der Waals surface area contributed by atoms with Crippen molar-refractivity contribution in [3.63, 3.8) is 0 Å². The summed E-state index contributed by atoms with van der Waals surface area (Å²) < 4.78 is 0. The zero-order valence-corrected chi connectivity index (χ0v) is 19.7. The van der Waals surface area contributed by atoms with E-state index in [1.807, 2.05) is 6.07 Å². The summed E-state index contributed by atoms with van der Waals surface area (Å²) in [6.45, 7) is 5.49. The first-order chi connectivity index (χ1) is 14.4. The number of aromatic hydroxyl groups is 1. The minimum Gasteiger partial charge on any atom is -0.508 e. The molecule has 0 fully saturated rings. The second-order valence-corrected chi connectivity index (χ2v) is 10.5. The lowest BCUT2D eigenvalue weighted by atomic mass is 9.91. The molecule has 3 rings (SSSR count). The number of rotatable bonds is 9. The van der Waals surface area contributed by atoms with Crippen molar-refractivity contribution in [1.82, 2.24) is 4.90 Å². The molecule has 2 nitrogen and oxygen atoms in total. The SMILES string of the molecule is CCCC(C)(Pc1ccccc1CN(C)C)c1cc(Cc2ccccc2)ccc1O. The Hall–Kier alpha value is -2.15. The number of phenolic OH excluding ortho intramolecular Hbond substituents is 1. The zero-order chi connectivity index (χ0) is 21.6. The normalized spacial score (nSPS) is 13.8. The van der Waals surface area contributed by atoms with Crippen molar-refractivity contribution >= 4 is 13.9 Å². The van der Waals surface area contributed by atoms with E-state index >= 15 is 0 Å². The van der Waals surface area contributed by atoms with Crippen LogP contribution in [0.15, 0.2) is 72.8 Å². The largest absolute Gasteiger partial charge is 0.508 e. The number of phenols is 1. The predicted molar refractivity (Wildman–Crippen MR) is 131 cm³/mol. The maximum Gasteiger partial charge on any atom is 0.119 e. The summed E-state index contributed by atoms with van der Waals surface area (Å²) in [5.74, 6) is 0.417. The summed E-state index contributed by atoms with van der Waals surface area (Å²) in [7, 11) is 4.84. The highest BCUT2D eigenvalue weighted by molar-refractivity contribution is 7.48. The van der Waals surface area contributed by atoms with Gasteiger partial charge in [0.1, 0.15) is 5.75 Å². The van der Waals surface area contributed by atoms with E-state index in [9.17, 15) is 5.11 Å². The van der Waals surface area contributed by atoms with E-state index in [4.69, 9.17) is 0 Å². The molecule has 0 heterocycles. The van der Waals surface area contributed by atoms with E-state index in [-0.39, 0.29) is 5.16 Å². The van der Waals surface area contributed by atoms with E-state index in [1.54, 1.807) is 0 Å². The van der Waals surface area contributed by atoms with Gasteiger partial charge < -0.3 is 10.0 Å². The fourth-order valence-corrected chi connectivity index (χ4v) is 5.96. The molecule has 30 heavy (non-hydrogen) atoms. The molecule has 3 aromatic rings. The van der Waals surface area contributed by atoms with Crippen molar-refractivity contribution in [1.29, 1.82) is 0 Å². The summed E-state index contributed by atoms with van der Waals surface area (Å²) in [5.41, 5.74) is 5.01. The Morgan fingerprint density at radius 2 is 1.60 bits per heavy atom. The summed E-state index contributed by atoms with van der Waals surface area (Å²) in [5, 5.41) is 12.2. The number of hydrogen-bond donors (Lipinski definition) is 1. The highest BCUT2D eigenvalue weighted by Crippen LogP contribution is 2.48. The number of hydrogen-bond acceptors (Lipinski definition) is 2. The molecule has 0 aliphatic heterocycles. The van der Waals surface area contributed by atoms with Crippen molar-refractivity contribution in [2.45, 2.75) is 44.8 Å². The van der Waals surface area contributed by atoms with Gasteiger partial charge in [0.15, 0.2) is 0 Å². The van der Waals surface area contributed by atoms with Crippen molar-refractivity contribution in [2.24, 2.45) is 0 Å². The Bertz CT molecular complexity index is 954. The monoisotopic (exact) mass is 419 g/mol. The minimum atomic E-state index is -0.0893. The Morgan fingerprint density at radius 3 is 2.30 bits per heavy atom. The summed E-state index contributed by atoms with van der Waals surface area (Å²) in [4.78, 5) is 2.22. The van der Waals surface area contributed by atoms with Gasteiger partial charge in [0, 0.05) is 17.3 Å². The van der Waals surface area contributed by atoms with Gasteiger partial charge in [-0.2, -0.15) is 0 Å². The topological polar surface area (TPSA) is 23.5 Å². The molecular formula is C27H34NOP. The van der Waals surface area contributed by atoms with Gasteiger partial charge >= 0.3 is 0 Å². The Kier molecular flexibility index (Phi) is 7.69. The predicted octanol–water partition coefficient (Wildman–Crippen LogP) is 6.06. The number of benzene rings is 3. The molecule has 0 amide bonds. The molecule has 3 heteroatoms. The van der Waals surface area contributed by atoms with Gasteiger partial charge in [-0.25, -0.2) is 0 Å². The molecule has 0 saturated carbocycles. The summed E-state index contributed by atoms with van der Waals surface area (Å²) >= 11 is 0. The lowest BCUT2D eigenvalue weighted by Gasteiger charge is -2.32. The van der Waals surface area contributed by atoms with Crippen LogP contribution >= 0.6 is 8.58 Å². The Balaban J connectivity index is 1.96. The maximum absolute atomic E-state index is 10.9. The third-order valence-corrected chi connectivity index (χ3v) is 7.40. The van der Waals surface area contributed by atoms with Crippen LogP contribution in [0, 0.1) is 0 Å². The first-order valence-electron chi connectivity index (χ1n) is 10.8. The van der Waals surface area contributed by atoms with Crippen LogP contribution < -0.4 is 5.30 Å². The second kappa shape index (κ2) is 10.2. The van der Waals surface area contributed by atoms with Crippen LogP contribution in [0.4, 0.5) is 0 Å². The summed E-state index contributed by atoms with van der Waals surface area (Å²) in [6, 6.07) is 25.5. The Labute approximate surface area is 183 Å². The highest BCUT2D eigenvalue weighted by Gasteiger charge is 2.30. The van der Waals surface area contributed by atoms with Crippen LogP contribution in [0.1, 0.15) is 48.9 Å². The smallest absolute Gasteiger partial charge is 0.119 e. The van der Waals surface area contributed by atoms with Gasteiger partial charge in [-0.05, 0) is 55.0 Å². The molecule has 1 N–H and O–H groups in total. The van der Waals surface area contributed by atoms with Gasteiger partial charge in [0.05, 0.1) is 0 Å². The van der Waals surface area contributed by atoms with Gasteiger partial charge in [-0.1, -0.05) is 95.6 Å². The molecular weight excluding hydrogens is 385 g/mol. The lowest BCUT2D eigenvalue weighted by molar-refractivity contribution is 0.403. The van der Waals surface area contributed by atoms with E-state index in [2.05, 4.69) is 99.6 Å². The highest BCUT2D eigenvalue weighted by atomic mass is 31.1. The fraction of sp³-hybridized carbons (Fsp3) is 0.333. The fourth-order valence-electron chi connectivity index (χ4n) is 4.15. The standard InChI is InChI=1S/C27H34NOP/c1-5-17-27(2,30-26-14-10-9-13-23(26)20-28(3)4)24-19-22(15-16-25(24)29)18-21-11-7-6-8-12-21/h6-16,19,29-30H,5,17-18,20H2,1-4H3. The molecule has 2 atom stereocenters. The minimum absolute atomic E-state index is 0.0893. The average molecular weight is 420 g/mol. The zero-order valence-electron chi connectivity index (χ0n) is 18.7. The average Bonchev–Trinajstić information content (AvgIpc) is 2.71. The quantitative estimate of drug-likeness (QED) is 0.426. The Morgan fingerprint density at radius 1 is 0.900 bits per heavy atom. The van der Waals surface area contributed by atoms with Gasteiger partial charge in [-0.15, -0.1) is 0 Å². The van der Waals surface area contributed by atoms with Crippen LogP contribution in [-0.4, -0.2) is 24.1 Å². The third kappa shape index (κ3) is 5.72. The van der Waals surface area contributed by atoms with Crippen LogP contribution in [0.3, 0.4) is 0 Å². The first kappa shape index (κ1) is 22.5. The van der Waals surface area contributed by atoms with Gasteiger partial charge in [-0.3, -0.25) is 0 Å². The van der Waals surface area contributed by atoms with E-state index in [0.29, 0.717) is 14.3 Å². The molecule has 0 aliphatic carbocycles. The van der Waals surface area contributed by atoms with Crippen LogP contribution in [0.2, 0.25) is 0 Å². The molecule has 0 aliphatic rings. The lowest BCUT2D eigenvalue weighted by Crippen LogP contribution is -2.23. The maximum atomic E-state index is 10.9. The van der Waals surface area contributed by atoms with Crippen molar-refractivity contribution in [3.05, 3.63) is 95.1 Å². The first-order valence-corrected chi connectivity index (χ1v) is 11.8. The van der Waals surface area contributed by atoms with Crippen LogP contribution in [-0.2, 0) is 18.1 Å². The molecule has 0 aromatic heterocycles. The summed E-state index contributed by atoms with van der Waals surface area (Å²) in [6.07, 6.45) is 3.02. The van der Waals surface area contributed by atoms with E-state index in [1.165, 1.54) is 22.0 Å². The number of nitrogens with zero attached hydrogens (tertiary/aromatic N) is 1.